The Labute approximate surface area is 217 Å². The number of anilines is 1. The Morgan fingerprint density at radius 3 is 2.37 bits per heavy atom. The molecule has 1 saturated heterocycles. The van der Waals surface area contributed by atoms with Gasteiger partial charge in [0, 0.05) is 39.5 Å². The summed E-state index contributed by atoms with van der Waals surface area (Å²) in [6.07, 6.45) is 2.85. The van der Waals surface area contributed by atoms with Crippen LogP contribution in [0.4, 0.5) is 5.69 Å². The molecule has 2 aromatic heterocycles. The fraction of sp³-hybridized carbons (Fsp3) is 0.241. The summed E-state index contributed by atoms with van der Waals surface area (Å²) in [6, 6.07) is 22.7. The van der Waals surface area contributed by atoms with Gasteiger partial charge in [-0.3, -0.25) is 4.98 Å². The molecule has 3 heterocycles. The molecule has 2 aromatic carbocycles. The Morgan fingerprint density at radius 1 is 0.943 bits per heavy atom. The summed E-state index contributed by atoms with van der Waals surface area (Å²) in [5.41, 5.74) is 9.28. The summed E-state index contributed by atoms with van der Waals surface area (Å²) in [4.78, 5) is 6.97. The summed E-state index contributed by atoms with van der Waals surface area (Å²) in [7, 11) is 0. The number of hydrogen-bond acceptors (Lipinski definition) is 2. The van der Waals surface area contributed by atoms with Crippen molar-refractivity contribution in [3.05, 3.63) is 112 Å². The van der Waals surface area contributed by atoms with Gasteiger partial charge in [-0.15, -0.1) is 0 Å². The van der Waals surface area contributed by atoms with Gasteiger partial charge in [0.25, 0.3) is 0 Å². The van der Waals surface area contributed by atoms with Crippen LogP contribution in [0.25, 0.3) is 5.69 Å². The number of nitrogens with one attached hydrogen (secondary N) is 1. The smallest absolute Gasteiger partial charge is 0.174 e. The number of nitrogens with zero attached hydrogens (tertiary/aromatic N) is 3. The van der Waals surface area contributed by atoms with E-state index in [1.54, 1.807) is 0 Å². The minimum atomic E-state index is -0.0819. The zero-order valence-electron chi connectivity index (χ0n) is 20.4. The Morgan fingerprint density at radius 2 is 1.71 bits per heavy atom. The van der Waals surface area contributed by atoms with Crippen LogP contribution in [-0.2, 0) is 6.42 Å². The number of rotatable bonds is 5. The van der Waals surface area contributed by atoms with Crippen molar-refractivity contribution in [2.75, 3.05) is 4.90 Å². The molecule has 1 aliphatic rings. The SMILES string of the molecule is CCc1ccc(N2C(=S)NC(c3ccccn3)C2c2c(C)c(C)n(-c3cccc(Cl)c3)c2C)cc1. The van der Waals surface area contributed by atoms with Crippen molar-refractivity contribution in [3.63, 3.8) is 0 Å². The zero-order valence-corrected chi connectivity index (χ0v) is 22.0. The highest BCUT2D eigenvalue weighted by Crippen LogP contribution is 2.45. The minimum Gasteiger partial charge on any atom is -0.351 e. The van der Waals surface area contributed by atoms with E-state index in [0.717, 1.165) is 28.5 Å². The van der Waals surface area contributed by atoms with E-state index < -0.39 is 0 Å². The lowest BCUT2D eigenvalue weighted by Gasteiger charge is -2.29. The molecular formula is C29H29ClN4S. The van der Waals surface area contributed by atoms with E-state index in [9.17, 15) is 0 Å². The maximum atomic E-state index is 6.37. The predicted molar refractivity (Wildman–Crippen MR) is 149 cm³/mol. The van der Waals surface area contributed by atoms with Crippen LogP contribution in [-0.4, -0.2) is 14.7 Å². The summed E-state index contributed by atoms with van der Waals surface area (Å²) >= 11 is 12.3. The van der Waals surface area contributed by atoms with Crippen molar-refractivity contribution < 1.29 is 0 Å². The quantitative estimate of drug-likeness (QED) is 0.294. The van der Waals surface area contributed by atoms with Gasteiger partial charge in [-0.1, -0.05) is 42.8 Å². The van der Waals surface area contributed by atoms with Gasteiger partial charge in [0.2, 0.25) is 0 Å². The normalized spacial score (nSPS) is 17.6. The lowest BCUT2D eigenvalue weighted by Crippen LogP contribution is -2.29. The van der Waals surface area contributed by atoms with E-state index in [4.69, 9.17) is 28.8 Å². The largest absolute Gasteiger partial charge is 0.351 e. The van der Waals surface area contributed by atoms with E-state index in [2.05, 4.69) is 78.9 Å². The van der Waals surface area contributed by atoms with Crippen molar-refractivity contribution in [2.24, 2.45) is 0 Å². The second kappa shape index (κ2) is 9.48. The summed E-state index contributed by atoms with van der Waals surface area (Å²) in [6.45, 7) is 8.73. The molecule has 35 heavy (non-hydrogen) atoms. The average molecular weight is 501 g/mol. The highest BCUT2D eigenvalue weighted by atomic mass is 35.5. The molecule has 0 radical (unpaired) electrons. The van der Waals surface area contributed by atoms with Crippen molar-refractivity contribution in [3.8, 4) is 5.69 Å². The number of aromatic nitrogens is 2. The highest BCUT2D eigenvalue weighted by Gasteiger charge is 2.43. The molecule has 1 N–H and O–H groups in total. The number of aryl methyl sites for hydroxylation is 1. The monoisotopic (exact) mass is 500 g/mol. The Bertz CT molecular complexity index is 1380. The number of halogens is 1. The van der Waals surface area contributed by atoms with Gasteiger partial charge >= 0.3 is 0 Å². The Balaban J connectivity index is 1.71. The first-order chi connectivity index (χ1) is 16.9. The van der Waals surface area contributed by atoms with Crippen LogP contribution in [0, 0.1) is 20.8 Å². The third-order valence-corrected chi connectivity index (χ3v) is 7.64. The molecule has 6 heteroatoms. The highest BCUT2D eigenvalue weighted by molar-refractivity contribution is 7.80. The molecule has 4 nitrogen and oxygen atoms in total. The first kappa shape index (κ1) is 23.6. The molecule has 0 saturated carbocycles. The van der Waals surface area contributed by atoms with Gasteiger partial charge in [-0.2, -0.15) is 0 Å². The van der Waals surface area contributed by atoms with Crippen LogP contribution in [0.1, 0.15) is 52.8 Å². The molecule has 2 atom stereocenters. The van der Waals surface area contributed by atoms with E-state index in [0.29, 0.717) is 5.11 Å². The fourth-order valence-corrected chi connectivity index (χ4v) is 5.79. The van der Waals surface area contributed by atoms with Crippen molar-refractivity contribution in [1.82, 2.24) is 14.9 Å². The first-order valence-corrected chi connectivity index (χ1v) is 12.7. The van der Waals surface area contributed by atoms with Crippen LogP contribution in [0.2, 0.25) is 5.02 Å². The Hall–Kier alpha value is -3.15. The molecular weight excluding hydrogens is 472 g/mol. The van der Waals surface area contributed by atoms with Crippen LogP contribution in [0.3, 0.4) is 0 Å². The number of pyridine rings is 1. The number of thiocarbonyl (C=S) groups is 1. The molecule has 0 amide bonds. The van der Waals surface area contributed by atoms with Crippen molar-refractivity contribution >= 4 is 34.6 Å². The van der Waals surface area contributed by atoms with E-state index in [-0.39, 0.29) is 12.1 Å². The van der Waals surface area contributed by atoms with Crippen molar-refractivity contribution in [2.45, 2.75) is 46.2 Å². The van der Waals surface area contributed by atoms with Crippen LogP contribution < -0.4 is 10.2 Å². The summed E-state index contributed by atoms with van der Waals surface area (Å²) < 4.78 is 2.30. The molecule has 2 unspecified atom stereocenters. The molecule has 1 aliphatic heterocycles. The van der Waals surface area contributed by atoms with E-state index in [1.165, 1.54) is 28.1 Å². The molecule has 5 rings (SSSR count). The third-order valence-electron chi connectivity index (χ3n) is 7.09. The Kier molecular flexibility index (Phi) is 6.39. The van der Waals surface area contributed by atoms with Gasteiger partial charge in [0.15, 0.2) is 5.11 Å². The van der Waals surface area contributed by atoms with Gasteiger partial charge < -0.3 is 14.8 Å². The summed E-state index contributed by atoms with van der Waals surface area (Å²) in [5, 5.41) is 5.03. The van der Waals surface area contributed by atoms with Gasteiger partial charge in [-0.05, 0) is 93.0 Å². The topological polar surface area (TPSA) is 33.1 Å². The molecule has 4 aromatic rings. The van der Waals surface area contributed by atoms with Crippen LogP contribution in [0.5, 0.6) is 0 Å². The fourth-order valence-electron chi connectivity index (χ4n) is 5.26. The number of hydrogen-bond donors (Lipinski definition) is 1. The third kappa shape index (κ3) is 4.13. The van der Waals surface area contributed by atoms with Gasteiger partial charge in [-0.25, -0.2) is 0 Å². The van der Waals surface area contributed by atoms with Crippen LogP contribution in [0.15, 0.2) is 72.9 Å². The second-order valence-electron chi connectivity index (χ2n) is 9.04. The molecule has 0 bridgehead atoms. The van der Waals surface area contributed by atoms with Crippen molar-refractivity contribution in [1.29, 1.82) is 0 Å². The van der Waals surface area contributed by atoms with Crippen LogP contribution >= 0.6 is 23.8 Å². The lowest BCUT2D eigenvalue weighted by atomic mass is 9.93. The average Bonchev–Trinajstić information content (AvgIpc) is 3.31. The standard InChI is InChI=1S/C29H29ClN4S/c1-5-21-12-14-23(15-13-21)34-28(27(32-29(34)35)25-11-6-7-16-31-25)26-18(2)19(3)33(20(26)4)24-10-8-9-22(30)17-24/h6-17,27-28H,5H2,1-4H3,(H,32,35). The van der Waals surface area contributed by atoms with Gasteiger partial charge in [0.05, 0.1) is 17.8 Å². The maximum absolute atomic E-state index is 6.37. The summed E-state index contributed by atoms with van der Waals surface area (Å²) in [5.74, 6) is 0. The molecule has 1 fully saturated rings. The maximum Gasteiger partial charge on any atom is 0.174 e. The number of benzene rings is 2. The van der Waals surface area contributed by atoms with E-state index in [1.807, 2.05) is 36.5 Å². The lowest BCUT2D eigenvalue weighted by molar-refractivity contribution is 0.563. The minimum absolute atomic E-state index is 0.0518. The molecule has 178 valence electrons. The second-order valence-corrected chi connectivity index (χ2v) is 9.86. The van der Waals surface area contributed by atoms with Gasteiger partial charge in [0.1, 0.15) is 0 Å². The molecule has 0 spiro atoms. The first-order valence-electron chi connectivity index (χ1n) is 11.9. The zero-order chi connectivity index (χ0) is 24.7. The van der Waals surface area contributed by atoms with E-state index >= 15 is 0 Å². The molecule has 0 aliphatic carbocycles. The predicted octanol–water partition coefficient (Wildman–Crippen LogP) is 7.19.